The molecule has 14 heavy (non-hydrogen) atoms. The Kier molecular flexibility index (Phi) is 6.93. The minimum atomic E-state index is -4.36. The first-order valence-corrected chi connectivity index (χ1v) is 5.14. The molecule has 0 bridgehead atoms. The molecule has 1 rings (SSSR count). The average Bonchev–Trinajstić information content (AvgIpc) is 2.59. The second-order valence-corrected chi connectivity index (χ2v) is 3.16. The monoisotopic (exact) mass is 223 g/mol. The third-order valence-corrected chi connectivity index (χ3v) is 1.29. The third kappa shape index (κ3) is 11.0. The zero-order valence-corrected chi connectivity index (χ0v) is 8.33. The lowest BCUT2D eigenvalue weighted by molar-refractivity contribution is 0.185. The Morgan fingerprint density at radius 2 is 2.50 bits per heavy atom. The van der Waals surface area contributed by atoms with Gasteiger partial charge < -0.3 is 5.32 Å². The van der Waals surface area contributed by atoms with Gasteiger partial charge in [0.1, 0.15) is 0 Å². The lowest BCUT2D eigenvalue weighted by Crippen LogP contribution is -2.19. The van der Waals surface area contributed by atoms with Crippen molar-refractivity contribution >= 4 is 16.7 Å². The van der Waals surface area contributed by atoms with Gasteiger partial charge in [0.2, 0.25) is 0 Å². The third-order valence-electron chi connectivity index (χ3n) is 0.960. The van der Waals surface area contributed by atoms with E-state index >= 15 is 0 Å². The summed E-state index contributed by atoms with van der Waals surface area (Å²) in [5.41, 5.74) is 1.92. The van der Waals surface area contributed by atoms with E-state index in [4.69, 9.17) is 4.55 Å². The normalized spacial score (nSPS) is 14.1. The molecular weight excluding hydrogens is 210 g/mol. The topological polar surface area (TPSA) is 100 Å². The number of nitrogens with zero attached hydrogens (tertiary/aromatic N) is 1. The van der Waals surface area contributed by atoms with E-state index in [1.165, 1.54) is 6.08 Å². The zero-order chi connectivity index (χ0) is 10.9. The number of rotatable bonds is 4. The van der Waals surface area contributed by atoms with Gasteiger partial charge in [-0.15, -0.1) is 6.58 Å². The van der Waals surface area contributed by atoms with E-state index in [0.29, 0.717) is 0 Å². The summed E-state index contributed by atoms with van der Waals surface area (Å²) in [5.74, 6) is 0. The van der Waals surface area contributed by atoms with E-state index in [1.54, 1.807) is 6.34 Å². The van der Waals surface area contributed by atoms with Gasteiger partial charge in [-0.3, -0.25) is 9.55 Å². The SMILES string of the molecule is C1=NCCN1.C=CCNOS(=O)(=O)O. The molecule has 0 saturated heterocycles. The molecule has 0 aromatic heterocycles. The largest absolute Gasteiger partial charge is 0.413 e. The second kappa shape index (κ2) is 7.44. The minimum Gasteiger partial charge on any atom is -0.375 e. The number of nitrogens with one attached hydrogen (secondary N) is 2. The highest BCUT2D eigenvalue weighted by Crippen LogP contribution is 1.77. The second-order valence-electron chi connectivity index (χ2n) is 2.14. The molecule has 0 saturated carbocycles. The van der Waals surface area contributed by atoms with Crippen LogP contribution in [0.2, 0.25) is 0 Å². The summed E-state index contributed by atoms with van der Waals surface area (Å²) in [4.78, 5) is 3.85. The van der Waals surface area contributed by atoms with E-state index in [2.05, 4.69) is 21.2 Å². The molecule has 1 heterocycles. The number of aliphatic imine (C=N–C) groups is 1. The van der Waals surface area contributed by atoms with Crippen molar-refractivity contribution in [2.75, 3.05) is 19.6 Å². The summed E-state index contributed by atoms with van der Waals surface area (Å²) in [7, 11) is -4.36. The van der Waals surface area contributed by atoms with Gasteiger partial charge in [0.05, 0.1) is 12.9 Å². The Labute approximate surface area is 82.8 Å². The van der Waals surface area contributed by atoms with Gasteiger partial charge in [-0.2, -0.15) is 18.2 Å². The maximum absolute atomic E-state index is 9.74. The van der Waals surface area contributed by atoms with Crippen LogP contribution in [0.1, 0.15) is 0 Å². The Bertz CT molecular complexity index is 269. The number of hydrogen-bond acceptors (Lipinski definition) is 6. The minimum absolute atomic E-state index is 0.153. The predicted octanol–water partition coefficient (Wildman–Crippen LogP) is -0.886. The molecule has 0 aromatic rings. The molecular formula is C6H13N3O4S. The first-order valence-electron chi connectivity index (χ1n) is 3.77. The maximum Gasteiger partial charge on any atom is 0.413 e. The van der Waals surface area contributed by atoms with Gasteiger partial charge in [0, 0.05) is 13.1 Å². The van der Waals surface area contributed by atoms with Crippen molar-refractivity contribution in [3.05, 3.63) is 12.7 Å². The van der Waals surface area contributed by atoms with Crippen molar-refractivity contribution in [1.82, 2.24) is 10.8 Å². The molecule has 0 atom stereocenters. The molecule has 1 aliphatic heterocycles. The Hall–Kier alpha value is -0.960. The standard InChI is InChI=1S/C3H6N2.C3H7NO4S/c1-2-5-3-4-1;1-2-3-4-8-9(5,6)7/h3H,1-2H2,(H,4,5);2,4H,1,3H2,(H,5,6,7). The summed E-state index contributed by atoms with van der Waals surface area (Å²) >= 11 is 0. The summed E-state index contributed by atoms with van der Waals surface area (Å²) in [6.07, 6.45) is 3.12. The quantitative estimate of drug-likeness (QED) is 0.247. The van der Waals surface area contributed by atoms with Gasteiger partial charge in [-0.05, 0) is 0 Å². The van der Waals surface area contributed by atoms with Crippen LogP contribution in [-0.4, -0.2) is 38.9 Å². The summed E-state index contributed by atoms with van der Waals surface area (Å²) < 4.78 is 31.1. The highest BCUT2D eigenvalue weighted by Gasteiger charge is 2.00. The van der Waals surface area contributed by atoms with E-state index in [1.807, 2.05) is 5.48 Å². The lowest BCUT2D eigenvalue weighted by Gasteiger charge is -1.95. The van der Waals surface area contributed by atoms with Crippen molar-refractivity contribution in [2.45, 2.75) is 0 Å². The van der Waals surface area contributed by atoms with Crippen LogP contribution in [0, 0.1) is 0 Å². The van der Waals surface area contributed by atoms with Gasteiger partial charge >= 0.3 is 10.4 Å². The van der Waals surface area contributed by atoms with Crippen molar-refractivity contribution in [2.24, 2.45) is 4.99 Å². The Morgan fingerprint density at radius 3 is 2.79 bits per heavy atom. The zero-order valence-electron chi connectivity index (χ0n) is 7.51. The van der Waals surface area contributed by atoms with Crippen LogP contribution in [0.3, 0.4) is 0 Å². The average molecular weight is 223 g/mol. The smallest absolute Gasteiger partial charge is 0.375 e. The van der Waals surface area contributed by atoms with E-state index < -0.39 is 10.4 Å². The first-order chi connectivity index (χ1) is 6.56. The lowest BCUT2D eigenvalue weighted by atomic mass is 10.7. The van der Waals surface area contributed by atoms with E-state index in [-0.39, 0.29) is 6.54 Å². The molecule has 7 nitrogen and oxygen atoms in total. The molecule has 0 radical (unpaired) electrons. The molecule has 1 aliphatic rings. The molecule has 0 unspecified atom stereocenters. The maximum atomic E-state index is 9.74. The highest BCUT2D eigenvalue weighted by atomic mass is 32.3. The molecule has 0 spiro atoms. The van der Waals surface area contributed by atoms with Crippen LogP contribution < -0.4 is 10.8 Å². The first kappa shape index (κ1) is 13.0. The molecule has 8 heteroatoms. The molecule has 82 valence electrons. The van der Waals surface area contributed by atoms with Crippen molar-refractivity contribution in [1.29, 1.82) is 0 Å². The summed E-state index contributed by atoms with van der Waals surface area (Å²) in [6.45, 7) is 5.40. The summed E-state index contributed by atoms with van der Waals surface area (Å²) in [6, 6.07) is 0. The van der Waals surface area contributed by atoms with Crippen LogP contribution >= 0.6 is 0 Å². The molecule has 3 N–H and O–H groups in total. The van der Waals surface area contributed by atoms with Gasteiger partial charge in [0.25, 0.3) is 0 Å². The van der Waals surface area contributed by atoms with Crippen LogP contribution in [-0.2, 0) is 14.7 Å². The van der Waals surface area contributed by atoms with Gasteiger partial charge in [0.15, 0.2) is 0 Å². The van der Waals surface area contributed by atoms with Gasteiger partial charge in [-0.25, -0.2) is 0 Å². The molecule has 0 amide bonds. The fourth-order valence-electron chi connectivity index (χ4n) is 0.490. The van der Waals surface area contributed by atoms with Gasteiger partial charge in [-0.1, -0.05) is 6.08 Å². The Morgan fingerprint density at radius 1 is 1.79 bits per heavy atom. The van der Waals surface area contributed by atoms with Crippen LogP contribution in [0.5, 0.6) is 0 Å². The fourth-order valence-corrected chi connectivity index (χ4v) is 0.707. The summed E-state index contributed by atoms with van der Waals surface area (Å²) in [5, 5.41) is 2.93. The van der Waals surface area contributed by atoms with Crippen LogP contribution in [0.15, 0.2) is 17.6 Å². The van der Waals surface area contributed by atoms with Crippen molar-refractivity contribution in [3.63, 3.8) is 0 Å². The van der Waals surface area contributed by atoms with Crippen LogP contribution in [0.4, 0.5) is 0 Å². The van der Waals surface area contributed by atoms with Crippen LogP contribution in [0.25, 0.3) is 0 Å². The molecule has 0 fully saturated rings. The number of hydrogen-bond donors (Lipinski definition) is 3. The fraction of sp³-hybridized carbons (Fsp3) is 0.500. The predicted molar refractivity (Wildman–Crippen MR) is 52.2 cm³/mol. The highest BCUT2D eigenvalue weighted by molar-refractivity contribution is 7.80. The molecule has 0 aliphatic carbocycles. The number of hydroxylamine groups is 1. The van der Waals surface area contributed by atoms with Crippen molar-refractivity contribution < 1.29 is 17.3 Å². The van der Waals surface area contributed by atoms with Crippen molar-refractivity contribution in [3.8, 4) is 0 Å². The van der Waals surface area contributed by atoms with E-state index in [9.17, 15) is 8.42 Å². The van der Waals surface area contributed by atoms with E-state index in [0.717, 1.165) is 13.1 Å². The Balaban J connectivity index is 0.000000280. The molecule has 0 aromatic carbocycles.